The first-order chi connectivity index (χ1) is 18.1. The molecule has 0 fully saturated rings. The summed E-state index contributed by atoms with van der Waals surface area (Å²) in [5.74, 6) is -1.56. The van der Waals surface area contributed by atoms with E-state index < -0.39 is 29.5 Å². The Morgan fingerprint density at radius 3 is 2.50 bits per heavy atom. The molecule has 38 heavy (non-hydrogen) atoms. The molecule has 0 bridgehead atoms. The Labute approximate surface area is 210 Å². The summed E-state index contributed by atoms with van der Waals surface area (Å²) in [6.45, 7) is 0.0739. The Bertz CT molecular complexity index is 1640. The minimum absolute atomic E-state index is 0.0162. The van der Waals surface area contributed by atoms with Gasteiger partial charge in [-0.15, -0.1) is 0 Å². The molecule has 4 heterocycles. The predicted molar refractivity (Wildman–Crippen MR) is 124 cm³/mol. The maximum absolute atomic E-state index is 13.8. The van der Waals surface area contributed by atoms with Gasteiger partial charge < -0.3 is 15.1 Å². The van der Waals surface area contributed by atoms with E-state index in [1.807, 2.05) is 0 Å². The number of rotatable bonds is 6. The van der Waals surface area contributed by atoms with Gasteiger partial charge in [0, 0.05) is 24.9 Å². The van der Waals surface area contributed by atoms with Gasteiger partial charge in [0.15, 0.2) is 22.7 Å². The van der Waals surface area contributed by atoms with Crippen LogP contribution in [-0.4, -0.2) is 36.2 Å². The number of nitrogens with one attached hydrogen (secondary N) is 2. The summed E-state index contributed by atoms with van der Waals surface area (Å²) >= 11 is 0. The fourth-order valence-electron chi connectivity index (χ4n) is 3.65. The van der Waals surface area contributed by atoms with Crippen molar-refractivity contribution < 1.29 is 31.6 Å². The van der Waals surface area contributed by atoms with Crippen LogP contribution >= 0.6 is 0 Å². The van der Waals surface area contributed by atoms with Crippen molar-refractivity contribution in [2.45, 2.75) is 12.7 Å². The van der Waals surface area contributed by atoms with Crippen molar-refractivity contribution in [3.05, 3.63) is 89.7 Å². The van der Waals surface area contributed by atoms with Crippen LogP contribution in [0, 0.1) is 5.82 Å². The van der Waals surface area contributed by atoms with Crippen molar-refractivity contribution >= 4 is 23.1 Å². The summed E-state index contributed by atoms with van der Waals surface area (Å²) in [4.78, 5) is 29.7. The monoisotopic (exact) mass is 527 g/mol. The van der Waals surface area contributed by atoms with Crippen molar-refractivity contribution in [3.8, 4) is 11.3 Å². The van der Waals surface area contributed by atoms with E-state index in [1.54, 1.807) is 12.1 Å². The van der Waals surface area contributed by atoms with Gasteiger partial charge in [0.05, 0.1) is 24.2 Å². The summed E-state index contributed by atoms with van der Waals surface area (Å²) in [7, 11) is 1.53. The van der Waals surface area contributed by atoms with Crippen molar-refractivity contribution in [1.82, 2.24) is 29.7 Å². The number of carbonyl (C=O) groups is 2. The molecule has 0 spiro atoms. The van der Waals surface area contributed by atoms with Crippen molar-refractivity contribution in [2.75, 3.05) is 5.32 Å². The number of halogens is 4. The van der Waals surface area contributed by atoms with Crippen LogP contribution in [0.5, 0.6) is 0 Å². The first-order valence-corrected chi connectivity index (χ1v) is 11.0. The van der Waals surface area contributed by atoms with E-state index in [4.69, 9.17) is 4.42 Å². The molecule has 4 aromatic heterocycles. The molecule has 2 N–H and O–H groups in total. The average Bonchev–Trinajstić information content (AvgIpc) is 3.61. The highest BCUT2D eigenvalue weighted by Gasteiger charge is 2.36. The van der Waals surface area contributed by atoms with E-state index in [9.17, 15) is 27.2 Å². The number of alkyl halides is 3. The van der Waals surface area contributed by atoms with Gasteiger partial charge in [-0.25, -0.2) is 13.9 Å². The second-order valence-electron chi connectivity index (χ2n) is 8.11. The van der Waals surface area contributed by atoms with Crippen molar-refractivity contribution in [1.29, 1.82) is 0 Å². The van der Waals surface area contributed by atoms with Crippen LogP contribution in [0.2, 0.25) is 0 Å². The molecule has 10 nitrogen and oxygen atoms in total. The van der Waals surface area contributed by atoms with Gasteiger partial charge in [0.2, 0.25) is 0 Å². The van der Waals surface area contributed by atoms with Crippen molar-refractivity contribution in [3.63, 3.8) is 0 Å². The molecule has 0 aliphatic rings. The van der Waals surface area contributed by atoms with Gasteiger partial charge in [0.25, 0.3) is 11.8 Å². The average molecular weight is 527 g/mol. The molecule has 0 radical (unpaired) electrons. The third kappa shape index (κ3) is 4.96. The number of amides is 2. The van der Waals surface area contributed by atoms with Crippen LogP contribution in [0.3, 0.4) is 0 Å². The minimum atomic E-state index is -4.83. The molecule has 0 saturated heterocycles. The number of fused-ring (bicyclic) bond motifs is 1. The first kappa shape index (κ1) is 24.7. The SMILES string of the molecule is Cn1cc(NC(=O)c2cc3nc(-c4ccc(F)cc4)cc(C(F)(F)F)n3n2)c(C(=O)NCc2ccco2)n1. The zero-order chi connectivity index (χ0) is 27.0. The summed E-state index contributed by atoms with van der Waals surface area (Å²) in [5.41, 5.74) is -1.77. The predicted octanol–water partition coefficient (Wildman–Crippen LogP) is 4.06. The molecule has 0 atom stereocenters. The number of anilines is 1. The molecule has 0 saturated carbocycles. The standard InChI is InChI=1S/C24H17F4N7O3/c1-34-12-18(21(33-34)23(37)29-11-15-3-2-8-38-15)31-22(36)17-10-20-30-16(13-4-6-14(25)7-5-13)9-19(24(26,27)28)35(20)32-17/h2-10,12H,11H2,1H3,(H,29,37)(H,31,36). The highest BCUT2D eigenvalue weighted by atomic mass is 19.4. The Hall–Kier alpha value is -5.01. The third-order valence-electron chi connectivity index (χ3n) is 5.39. The highest BCUT2D eigenvalue weighted by molar-refractivity contribution is 6.07. The van der Waals surface area contributed by atoms with E-state index in [1.165, 1.54) is 36.3 Å². The van der Waals surface area contributed by atoms with Gasteiger partial charge in [-0.3, -0.25) is 14.3 Å². The highest BCUT2D eigenvalue weighted by Crippen LogP contribution is 2.32. The van der Waals surface area contributed by atoms with E-state index in [0.717, 1.165) is 24.3 Å². The molecule has 5 aromatic rings. The molecule has 0 unspecified atom stereocenters. The Kier molecular flexibility index (Phi) is 6.14. The number of furan rings is 1. The second-order valence-corrected chi connectivity index (χ2v) is 8.11. The Balaban J connectivity index is 1.44. The molecule has 14 heteroatoms. The van der Waals surface area contributed by atoms with Gasteiger partial charge >= 0.3 is 6.18 Å². The first-order valence-electron chi connectivity index (χ1n) is 11.0. The molecule has 2 amide bonds. The minimum Gasteiger partial charge on any atom is -0.467 e. The normalized spacial score (nSPS) is 11.6. The zero-order valence-corrected chi connectivity index (χ0v) is 19.5. The topological polar surface area (TPSA) is 119 Å². The number of hydrogen-bond donors (Lipinski definition) is 2. The number of nitrogens with zero attached hydrogens (tertiary/aromatic N) is 5. The molecule has 194 valence electrons. The van der Waals surface area contributed by atoms with E-state index >= 15 is 0 Å². The number of carbonyl (C=O) groups excluding carboxylic acids is 2. The van der Waals surface area contributed by atoms with Gasteiger partial charge in [0.1, 0.15) is 11.6 Å². The quantitative estimate of drug-likeness (QED) is 0.322. The van der Waals surface area contributed by atoms with Crippen LogP contribution in [0.1, 0.15) is 32.4 Å². The van der Waals surface area contributed by atoms with Gasteiger partial charge in [-0.1, -0.05) is 0 Å². The van der Waals surface area contributed by atoms with E-state index in [0.29, 0.717) is 10.3 Å². The number of aryl methyl sites for hydroxylation is 1. The lowest BCUT2D eigenvalue weighted by molar-refractivity contribution is -0.142. The molecular weight excluding hydrogens is 510 g/mol. The number of hydrogen-bond acceptors (Lipinski definition) is 6. The fourth-order valence-corrected chi connectivity index (χ4v) is 3.65. The van der Waals surface area contributed by atoms with E-state index in [2.05, 4.69) is 25.8 Å². The fraction of sp³-hybridized carbons (Fsp3) is 0.125. The summed E-state index contributed by atoms with van der Waals surface area (Å²) in [6.07, 6.45) is -2.02. The lowest BCUT2D eigenvalue weighted by Gasteiger charge is -2.11. The van der Waals surface area contributed by atoms with Gasteiger partial charge in [-0.2, -0.15) is 23.4 Å². The van der Waals surface area contributed by atoms with Crippen LogP contribution in [0.4, 0.5) is 23.2 Å². The summed E-state index contributed by atoms with van der Waals surface area (Å²) in [5, 5.41) is 12.9. The summed E-state index contributed by atoms with van der Waals surface area (Å²) < 4.78 is 61.8. The molecule has 5 rings (SSSR count). The lowest BCUT2D eigenvalue weighted by atomic mass is 10.1. The Morgan fingerprint density at radius 1 is 1.05 bits per heavy atom. The third-order valence-corrected chi connectivity index (χ3v) is 5.39. The molecule has 0 aliphatic heterocycles. The van der Waals surface area contributed by atoms with Gasteiger partial charge in [-0.05, 0) is 42.5 Å². The zero-order valence-electron chi connectivity index (χ0n) is 19.5. The molecule has 1 aromatic carbocycles. The van der Waals surface area contributed by atoms with Crippen LogP contribution < -0.4 is 10.6 Å². The largest absolute Gasteiger partial charge is 0.467 e. The van der Waals surface area contributed by atoms with E-state index in [-0.39, 0.29) is 40.5 Å². The Morgan fingerprint density at radius 2 is 1.82 bits per heavy atom. The lowest BCUT2D eigenvalue weighted by Crippen LogP contribution is -2.25. The van der Waals surface area contributed by atoms with Crippen LogP contribution in [0.15, 0.2) is 65.4 Å². The molecular formula is C24H17F4N7O3. The van der Waals surface area contributed by atoms with Crippen LogP contribution in [0.25, 0.3) is 16.9 Å². The maximum Gasteiger partial charge on any atom is 0.433 e. The summed E-state index contributed by atoms with van der Waals surface area (Å²) in [6, 6.07) is 9.93. The maximum atomic E-state index is 13.8. The smallest absolute Gasteiger partial charge is 0.433 e. The molecule has 0 aliphatic carbocycles. The van der Waals surface area contributed by atoms with Crippen molar-refractivity contribution in [2.24, 2.45) is 7.05 Å². The second kappa shape index (κ2) is 9.46. The van der Waals surface area contributed by atoms with Crippen LogP contribution in [-0.2, 0) is 19.8 Å². The number of benzene rings is 1. The number of aromatic nitrogens is 5.